The standard InChI is InChI=1S/C18H18F2N2O3/c1-21(11-12-6-7-13(19)10-14(12)20)17(23)15-4-2-8-22(15)18(24)16-5-3-9-25-16/h3,5-7,9-10,15H,2,4,8,11H2,1H3. The van der Waals surface area contributed by atoms with Crippen LogP contribution in [-0.4, -0.2) is 41.2 Å². The zero-order chi connectivity index (χ0) is 18.0. The molecule has 1 aliphatic heterocycles. The summed E-state index contributed by atoms with van der Waals surface area (Å²) >= 11 is 0. The number of carbonyl (C=O) groups is 2. The Kier molecular flexibility index (Phi) is 4.83. The van der Waals surface area contributed by atoms with Crippen molar-refractivity contribution in [2.24, 2.45) is 0 Å². The average molecular weight is 348 g/mol. The third-order valence-corrected chi connectivity index (χ3v) is 4.33. The molecule has 2 heterocycles. The zero-order valence-corrected chi connectivity index (χ0v) is 13.7. The first kappa shape index (κ1) is 17.1. The topological polar surface area (TPSA) is 53.8 Å². The number of amides is 2. The predicted octanol–water partition coefficient (Wildman–Crippen LogP) is 2.82. The molecule has 25 heavy (non-hydrogen) atoms. The molecule has 1 aromatic heterocycles. The Morgan fingerprint density at radius 2 is 2.12 bits per heavy atom. The quantitative estimate of drug-likeness (QED) is 0.854. The molecule has 1 atom stereocenters. The summed E-state index contributed by atoms with van der Waals surface area (Å²) in [6, 6.07) is 5.82. The molecule has 5 nitrogen and oxygen atoms in total. The second-order valence-electron chi connectivity index (χ2n) is 6.06. The van der Waals surface area contributed by atoms with Gasteiger partial charge >= 0.3 is 0 Å². The maximum absolute atomic E-state index is 13.8. The summed E-state index contributed by atoms with van der Waals surface area (Å²) in [4.78, 5) is 28.0. The summed E-state index contributed by atoms with van der Waals surface area (Å²) in [6.07, 6.45) is 2.66. The van der Waals surface area contributed by atoms with E-state index in [1.165, 1.54) is 22.1 Å². The van der Waals surface area contributed by atoms with Crippen LogP contribution in [0.3, 0.4) is 0 Å². The van der Waals surface area contributed by atoms with Crippen molar-refractivity contribution in [2.75, 3.05) is 13.6 Å². The Labute approximate surface area is 143 Å². The van der Waals surface area contributed by atoms with Crippen molar-refractivity contribution in [3.63, 3.8) is 0 Å². The van der Waals surface area contributed by atoms with Crippen molar-refractivity contribution in [3.8, 4) is 0 Å². The van der Waals surface area contributed by atoms with Crippen LogP contribution in [0.25, 0.3) is 0 Å². The molecule has 0 aliphatic carbocycles. The molecule has 1 saturated heterocycles. The fraction of sp³-hybridized carbons (Fsp3) is 0.333. The zero-order valence-electron chi connectivity index (χ0n) is 13.7. The molecule has 1 aromatic carbocycles. The molecule has 3 rings (SSSR count). The molecule has 132 valence electrons. The lowest BCUT2D eigenvalue weighted by molar-refractivity contribution is -0.134. The highest BCUT2D eigenvalue weighted by Gasteiger charge is 2.37. The van der Waals surface area contributed by atoms with Crippen LogP contribution >= 0.6 is 0 Å². The highest BCUT2D eigenvalue weighted by molar-refractivity contribution is 5.95. The van der Waals surface area contributed by atoms with Crippen LogP contribution in [0.5, 0.6) is 0 Å². The summed E-state index contributed by atoms with van der Waals surface area (Å²) in [5.41, 5.74) is 0.221. The van der Waals surface area contributed by atoms with Crippen molar-refractivity contribution >= 4 is 11.8 Å². The summed E-state index contributed by atoms with van der Waals surface area (Å²) in [6.45, 7) is 0.471. The lowest BCUT2D eigenvalue weighted by Crippen LogP contribution is -2.46. The van der Waals surface area contributed by atoms with Gasteiger partial charge in [-0.25, -0.2) is 8.78 Å². The third kappa shape index (κ3) is 3.55. The fourth-order valence-corrected chi connectivity index (χ4v) is 3.05. The molecule has 0 spiro atoms. The SMILES string of the molecule is CN(Cc1ccc(F)cc1F)C(=O)C1CCCN1C(=O)c1ccco1. The molecule has 1 fully saturated rings. The summed E-state index contributed by atoms with van der Waals surface area (Å²) < 4.78 is 31.9. The molecule has 0 radical (unpaired) electrons. The average Bonchev–Trinajstić information content (AvgIpc) is 3.27. The van der Waals surface area contributed by atoms with Gasteiger partial charge in [-0.1, -0.05) is 6.07 Å². The molecular weight excluding hydrogens is 330 g/mol. The second kappa shape index (κ2) is 7.04. The summed E-state index contributed by atoms with van der Waals surface area (Å²) in [7, 11) is 1.54. The van der Waals surface area contributed by atoms with Crippen LogP contribution in [0.1, 0.15) is 29.0 Å². The van der Waals surface area contributed by atoms with E-state index in [2.05, 4.69) is 0 Å². The Hall–Kier alpha value is -2.70. The van der Waals surface area contributed by atoms with E-state index in [-0.39, 0.29) is 29.7 Å². The molecule has 7 heteroatoms. The number of likely N-dealkylation sites (tertiary alicyclic amines) is 1. The third-order valence-electron chi connectivity index (χ3n) is 4.33. The number of carbonyl (C=O) groups excluding carboxylic acids is 2. The first-order valence-electron chi connectivity index (χ1n) is 8.00. The number of likely N-dealkylation sites (N-methyl/N-ethyl adjacent to an activating group) is 1. The molecular formula is C18H18F2N2O3. The van der Waals surface area contributed by atoms with Gasteiger partial charge in [0.25, 0.3) is 5.91 Å². The normalized spacial score (nSPS) is 16.9. The van der Waals surface area contributed by atoms with Gasteiger partial charge in [0.2, 0.25) is 5.91 Å². The number of benzene rings is 1. The van der Waals surface area contributed by atoms with E-state index in [9.17, 15) is 18.4 Å². The van der Waals surface area contributed by atoms with Crippen LogP contribution in [0.15, 0.2) is 41.0 Å². The number of halogens is 2. The van der Waals surface area contributed by atoms with Gasteiger partial charge in [-0.2, -0.15) is 0 Å². The highest BCUT2D eigenvalue weighted by Crippen LogP contribution is 2.23. The van der Waals surface area contributed by atoms with Crippen LogP contribution in [0, 0.1) is 11.6 Å². The van der Waals surface area contributed by atoms with Crippen molar-refractivity contribution in [1.29, 1.82) is 0 Å². The van der Waals surface area contributed by atoms with E-state index in [1.807, 2.05) is 0 Å². The lowest BCUT2D eigenvalue weighted by atomic mass is 10.1. The van der Waals surface area contributed by atoms with Gasteiger partial charge in [0.1, 0.15) is 17.7 Å². The van der Waals surface area contributed by atoms with Crippen LogP contribution in [-0.2, 0) is 11.3 Å². The Morgan fingerprint density at radius 1 is 1.32 bits per heavy atom. The molecule has 1 aliphatic rings. The van der Waals surface area contributed by atoms with Gasteiger partial charge in [-0.3, -0.25) is 9.59 Å². The first-order chi connectivity index (χ1) is 12.0. The molecule has 2 aromatic rings. The minimum atomic E-state index is -0.699. The monoisotopic (exact) mass is 348 g/mol. The van der Waals surface area contributed by atoms with Crippen LogP contribution < -0.4 is 0 Å². The predicted molar refractivity (Wildman–Crippen MR) is 85.6 cm³/mol. The number of hydrogen-bond acceptors (Lipinski definition) is 3. The maximum atomic E-state index is 13.8. The van der Waals surface area contributed by atoms with Gasteiger partial charge in [-0.05, 0) is 31.0 Å². The Bertz CT molecular complexity index is 777. The summed E-state index contributed by atoms with van der Waals surface area (Å²) in [5.74, 6) is -1.79. The van der Waals surface area contributed by atoms with Crippen molar-refractivity contribution in [2.45, 2.75) is 25.4 Å². The number of rotatable bonds is 4. The first-order valence-corrected chi connectivity index (χ1v) is 8.00. The Morgan fingerprint density at radius 3 is 2.80 bits per heavy atom. The minimum Gasteiger partial charge on any atom is -0.459 e. The second-order valence-corrected chi connectivity index (χ2v) is 6.06. The van der Waals surface area contributed by atoms with Gasteiger partial charge < -0.3 is 14.2 Å². The molecule has 2 amide bonds. The highest BCUT2D eigenvalue weighted by atomic mass is 19.1. The van der Waals surface area contributed by atoms with E-state index in [0.29, 0.717) is 19.4 Å². The smallest absolute Gasteiger partial charge is 0.290 e. The summed E-state index contributed by atoms with van der Waals surface area (Å²) in [5, 5.41) is 0. The van der Waals surface area contributed by atoms with Gasteiger partial charge in [0, 0.05) is 31.8 Å². The van der Waals surface area contributed by atoms with E-state index >= 15 is 0 Å². The number of furan rings is 1. The Balaban J connectivity index is 1.71. The van der Waals surface area contributed by atoms with Gasteiger partial charge in [-0.15, -0.1) is 0 Å². The lowest BCUT2D eigenvalue weighted by Gasteiger charge is -2.27. The van der Waals surface area contributed by atoms with Crippen molar-refractivity contribution < 1.29 is 22.8 Å². The largest absolute Gasteiger partial charge is 0.459 e. The molecule has 0 N–H and O–H groups in total. The van der Waals surface area contributed by atoms with E-state index in [1.54, 1.807) is 19.2 Å². The van der Waals surface area contributed by atoms with Crippen LogP contribution in [0.2, 0.25) is 0 Å². The van der Waals surface area contributed by atoms with E-state index < -0.39 is 17.7 Å². The number of nitrogens with zero attached hydrogens (tertiary/aromatic N) is 2. The fourth-order valence-electron chi connectivity index (χ4n) is 3.05. The van der Waals surface area contributed by atoms with Crippen molar-refractivity contribution in [3.05, 3.63) is 59.6 Å². The van der Waals surface area contributed by atoms with Crippen molar-refractivity contribution in [1.82, 2.24) is 9.80 Å². The maximum Gasteiger partial charge on any atom is 0.290 e. The van der Waals surface area contributed by atoms with E-state index in [0.717, 1.165) is 12.1 Å². The molecule has 0 saturated carbocycles. The van der Waals surface area contributed by atoms with Crippen LogP contribution in [0.4, 0.5) is 8.78 Å². The molecule has 0 bridgehead atoms. The van der Waals surface area contributed by atoms with Gasteiger partial charge in [0.15, 0.2) is 5.76 Å². The minimum absolute atomic E-state index is 0.00420. The molecule has 1 unspecified atom stereocenters. The van der Waals surface area contributed by atoms with E-state index in [4.69, 9.17) is 4.42 Å². The van der Waals surface area contributed by atoms with Gasteiger partial charge in [0.05, 0.1) is 6.26 Å². The number of hydrogen-bond donors (Lipinski definition) is 0.